The summed E-state index contributed by atoms with van der Waals surface area (Å²) in [4.78, 5) is 11.1. The molecule has 18 heavy (non-hydrogen) atoms. The number of hydrogen-bond acceptors (Lipinski definition) is 1. The van der Waals surface area contributed by atoms with E-state index >= 15 is 0 Å². The summed E-state index contributed by atoms with van der Waals surface area (Å²) in [7, 11) is 0. The fourth-order valence-electron chi connectivity index (χ4n) is 3.44. The lowest BCUT2D eigenvalue weighted by Gasteiger charge is -2.41. The normalized spacial score (nSPS) is 31.5. The van der Waals surface area contributed by atoms with Crippen molar-refractivity contribution < 1.29 is 9.90 Å². The zero-order valence-corrected chi connectivity index (χ0v) is 11.5. The van der Waals surface area contributed by atoms with E-state index in [2.05, 4.69) is 45.0 Å². The van der Waals surface area contributed by atoms with E-state index in [-0.39, 0.29) is 17.3 Å². The van der Waals surface area contributed by atoms with E-state index in [1.54, 1.807) is 0 Å². The van der Waals surface area contributed by atoms with Crippen LogP contribution in [0.1, 0.15) is 50.7 Å². The Kier molecular flexibility index (Phi) is 3.22. The van der Waals surface area contributed by atoms with Gasteiger partial charge in [-0.25, -0.2) is 0 Å². The Morgan fingerprint density at radius 1 is 1.22 bits per heavy atom. The Bertz CT molecular complexity index is 449. The number of benzene rings is 1. The van der Waals surface area contributed by atoms with E-state index in [4.69, 9.17) is 5.11 Å². The first-order valence-corrected chi connectivity index (χ1v) is 6.66. The van der Waals surface area contributed by atoms with Gasteiger partial charge in [-0.15, -0.1) is 0 Å². The highest BCUT2D eigenvalue weighted by Gasteiger charge is 2.50. The molecule has 2 rings (SSSR count). The van der Waals surface area contributed by atoms with Crippen LogP contribution < -0.4 is 0 Å². The minimum atomic E-state index is -0.683. The quantitative estimate of drug-likeness (QED) is 0.877. The molecule has 1 saturated carbocycles. The molecule has 0 aliphatic heterocycles. The fourth-order valence-corrected chi connectivity index (χ4v) is 3.44. The van der Waals surface area contributed by atoms with Crippen molar-refractivity contribution in [3.8, 4) is 0 Å². The van der Waals surface area contributed by atoms with Crippen molar-refractivity contribution in [2.75, 3.05) is 0 Å². The summed E-state index contributed by atoms with van der Waals surface area (Å²) in [6, 6.07) is 8.59. The molecule has 0 radical (unpaired) electrons. The molecule has 0 saturated heterocycles. The van der Waals surface area contributed by atoms with Crippen LogP contribution in [-0.4, -0.2) is 11.1 Å². The number of carboxylic acid groups (broad SMARTS) is 1. The van der Waals surface area contributed by atoms with Crippen molar-refractivity contribution >= 4 is 5.97 Å². The van der Waals surface area contributed by atoms with Crippen LogP contribution in [0, 0.1) is 12.3 Å². The monoisotopic (exact) mass is 246 g/mol. The first-order valence-electron chi connectivity index (χ1n) is 6.66. The average Bonchev–Trinajstić information content (AvgIpc) is 2.55. The minimum absolute atomic E-state index is 0.0148. The zero-order chi connectivity index (χ0) is 13.4. The van der Waals surface area contributed by atoms with Crippen molar-refractivity contribution in [3.05, 3.63) is 35.4 Å². The molecule has 2 nitrogen and oxygen atoms in total. The Morgan fingerprint density at radius 3 is 2.39 bits per heavy atom. The number of carboxylic acids is 1. The molecule has 0 amide bonds. The van der Waals surface area contributed by atoms with E-state index < -0.39 is 5.97 Å². The van der Waals surface area contributed by atoms with Gasteiger partial charge in [0.1, 0.15) is 0 Å². The summed E-state index contributed by atoms with van der Waals surface area (Å²) in [5, 5.41) is 9.16. The molecular weight excluding hydrogens is 224 g/mol. The minimum Gasteiger partial charge on any atom is -0.481 e. The summed E-state index contributed by atoms with van der Waals surface area (Å²) in [6.07, 6.45) is 3.47. The Morgan fingerprint density at radius 2 is 1.83 bits per heavy atom. The van der Waals surface area contributed by atoms with Gasteiger partial charge in [-0.1, -0.05) is 50.1 Å². The maximum atomic E-state index is 11.1. The van der Waals surface area contributed by atoms with Gasteiger partial charge >= 0.3 is 5.97 Å². The van der Waals surface area contributed by atoms with Crippen molar-refractivity contribution in [1.29, 1.82) is 0 Å². The fraction of sp³-hybridized carbons (Fsp3) is 0.562. The first-order chi connectivity index (χ1) is 8.37. The number of aryl methyl sites for hydroxylation is 1. The molecule has 0 aromatic heterocycles. The van der Waals surface area contributed by atoms with E-state index in [0.717, 1.165) is 19.3 Å². The van der Waals surface area contributed by atoms with Gasteiger partial charge in [0.05, 0.1) is 6.42 Å². The summed E-state index contributed by atoms with van der Waals surface area (Å²) in [6.45, 7) is 6.44. The second kappa shape index (κ2) is 4.42. The molecule has 2 atom stereocenters. The van der Waals surface area contributed by atoms with E-state index in [0.29, 0.717) is 0 Å². The van der Waals surface area contributed by atoms with Gasteiger partial charge in [0, 0.05) is 0 Å². The van der Waals surface area contributed by atoms with Gasteiger partial charge in [-0.05, 0) is 36.2 Å². The number of aliphatic carboxylic acids is 1. The molecular formula is C16H22O2. The van der Waals surface area contributed by atoms with Gasteiger partial charge in [0.15, 0.2) is 0 Å². The summed E-state index contributed by atoms with van der Waals surface area (Å²) in [5.41, 5.74) is 2.39. The molecule has 1 aromatic rings. The van der Waals surface area contributed by atoms with Crippen molar-refractivity contribution in [1.82, 2.24) is 0 Å². The van der Waals surface area contributed by atoms with Crippen LogP contribution in [0.5, 0.6) is 0 Å². The largest absolute Gasteiger partial charge is 0.481 e. The molecule has 1 aromatic carbocycles. The van der Waals surface area contributed by atoms with Crippen molar-refractivity contribution in [3.63, 3.8) is 0 Å². The van der Waals surface area contributed by atoms with E-state index in [1.165, 1.54) is 11.1 Å². The summed E-state index contributed by atoms with van der Waals surface area (Å²) >= 11 is 0. The third-order valence-electron chi connectivity index (χ3n) is 4.97. The SMILES string of the molecule is Cc1ccc([C@@]2(C)CCC[C@]2(C)CC(=O)O)cc1. The van der Waals surface area contributed by atoms with Gasteiger partial charge < -0.3 is 5.11 Å². The van der Waals surface area contributed by atoms with Crippen LogP contribution >= 0.6 is 0 Å². The molecule has 0 spiro atoms. The van der Waals surface area contributed by atoms with Crippen LogP contribution in [0.15, 0.2) is 24.3 Å². The maximum absolute atomic E-state index is 11.1. The van der Waals surface area contributed by atoms with E-state index in [9.17, 15) is 4.79 Å². The van der Waals surface area contributed by atoms with Crippen LogP contribution in [0.25, 0.3) is 0 Å². The molecule has 98 valence electrons. The van der Waals surface area contributed by atoms with E-state index in [1.807, 2.05) is 0 Å². The van der Waals surface area contributed by atoms with Gasteiger partial charge in [0.25, 0.3) is 0 Å². The second-order valence-electron chi connectivity index (χ2n) is 6.18. The molecule has 1 fully saturated rings. The number of hydrogen-bond donors (Lipinski definition) is 1. The van der Waals surface area contributed by atoms with Crippen LogP contribution in [0.3, 0.4) is 0 Å². The zero-order valence-electron chi connectivity index (χ0n) is 11.5. The highest BCUT2D eigenvalue weighted by Crippen LogP contribution is 2.55. The lowest BCUT2D eigenvalue weighted by atomic mass is 9.62. The molecule has 2 heteroatoms. The molecule has 0 heterocycles. The first kappa shape index (κ1) is 13.1. The highest BCUT2D eigenvalue weighted by atomic mass is 16.4. The Hall–Kier alpha value is -1.31. The lowest BCUT2D eigenvalue weighted by Crippen LogP contribution is -2.38. The smallest absolute Gasteiger partial charge is 0.303 e. The third kappa shape index (κ3) is 2.05. The second-order valence-corrected chi connectivity index (χ2v) is 6.18. The molecule has 1 aliphatic carbocycles. The Balaban J connectivity index is 2.39. The topological polar surface area (TPSA) is 37.3 Å². The van der Waals surface area contributed by atoms with Gasteiger partial charge in [-0.3, -0.25) is 4.79 Å². The van der Waals surface area contributed by atoms with Crippen molar-refractivity contribution in [2.45, 2.75) is 51.9 Å². The predicted molar refractivity (Wildman–Crippen MR) is 72.7 cm³/mol. The van der Waals surface area contributed by atoms with Crippen LogP contribution in [-0.2, 0) is 10.2 Å². The average molecular weight is 246 g/mol. The lowest BCUT2D eigenvalue weighted by molar-refractivity contribution is -0.140. The van der Waals surface area contributed by atoms with Crippen LogP contribution in [0.2, 0.25) is 0 Å². The maximum Gasteiger partial charge on any atom is 0.303 e. The standard InChI is InChI=1S/C16H22O2/c1-12-5-7-13(8-6-12)16(3)10-4-9-15(16,2)11-14(17)18/h5-8H,4,9-11H2,1-3H3,(H,17,18)/t15-,16-/m1/s1. The van der Waals surface area contributed by atoms with Gasteiger partial charge in [0.2, 0.25) is 0 Å². The molecule has 0 bridgehead atoms. The number of carbonyl (C=O) groups is 1. The molecule has 1 N–H and O–H groups in total. The predicted octanol–water partition coefficient (Wildman–Crippen LogP) is 3.92. The van der Waals surface area contributed by atoms with Gasteiger partial charge in [-0.2, -0.15) is 0 Å². The Labute approximate surface area is 109 Å². The number of rotatable bonds is 3. The van der Waals surface area contributed by atoms with Crippen LogP contribution in [0.4, 0.5) is 0 Å². The summed E-state index contributed by atoms with van der Waals surface area (Å²) < 4.78 is 0. The molecule has 1 aliphatic rings. The summed E-state index contributed by atoms with van der Waals surface area (Å²) in [5.74, 6) is -0.683. The molecule has 0 unspecified atom stereocenters. The van der Waals surface area contributed by atoms with Crippen molar-refractivity contribution in [2.24, 2.45) is 5.41 Å². The highest BCUT2D eigenvalue weighted by molar-refractivity contribution is 5.68. The third-order valence-corrected chi connectivity index (χ3v) is 4.97.